The van der Waals surface area contributed by atoms with Crippen LogP contribution >= 0.6 is 0 Å². The van der Waals surface area contributed by atoms with E-state index in [1.165, 1.54) is 11.9 Å². The van der Waals surface area contributed by atoms with Gasteiger partial charge in [0.15, 0.2) is 0 Å². The highest BCUT2D eigenvalue weighted by molar-refractivity contribution is 7.88. The average molecular weight is 498 g/mol. The molecule has 0 aliphatic heterocycles. The van der Waals surface area contributed by atoms with Gasteiger partial charge in [0, 0.05) is 33.1 Å². The van der Waals surface area contributed by atoms with Crippen LogP contribution < -0.4 is 4.72 Å². The van der Waals surface area contributed by atoms with Gasteiger partial charge in [-0.15, -0.1) is 0 Å². The first kappa shape index (κ1) is 26.2. The summed E-state index contributed by atoms with van der Waals surface area (Å²) in [5, 5.41) is 11.7. The first-order valence-electron chi connectivity index (χ1n) is 11.2. The molecule has 0 aromatic heterocycles. The zero-order chi connectivity index (χ0) is 25.6. The Hall–Kier alpha value is -3.43. The quantitative estimate of drug-likeness (QED) is 0.448. The number of sulfonamides is 1. The topological polar surface area (TPSA) is 107 Å². The summed E-state index contributed by atoms with van der Waals surface area (Å²) in [6.45, 7) is 0.00937. The van der Waals surface area contributed by atoms with Gasteiger partial charge in [0.2, 0.25) is 15.9 Å². The molecule has 2 atom stereocenters. The molecule has 0 radical (unpaired) electrons. The Labute approximate surface area is 206 Å². The number of nitrogens with zero attached hydrogens (tertiary/aromatic N) is 2. The van der Waals surface area contributed by atoms with E-state index in [9.17, 15) is 23.1 Å². The molecule has 2 N–H and O–H groups in total. The molecule has 0 fully saturated rings. The second-order valence-electron chi connectivity index (χ2n) is 8.71. The molecule has 0 saturated heterocycles. The third-order valence-electron chi connectivity index (χ3n) is 6.09. The molecule has 0 heterocycles. The predicted molar refractivity (Wildman–Crippen MR) is 137 cm³/mol. The fraction of sp³-hybridized carbons (Fsp3) is 0.308. The highest BCUT2D eigenvalue weighted by Crippen LogP contribution is 2.19. The van der Waals surface area contributed by atoms with Crippen LogP contribution in [0.15, 0.2) is 72.8 Å². The Morgan fingerprint density at radius 3 is 2.11 bits per heavy atom. The number of hydrogen-bond acceptors (Lipinski definition) is 4. The smallest absolute Gasteiger partial charge is 0.407 e. The van der Waals surface area contributed by atoms with E-state index in [1.807, 2.05) is 72.8 Å². The SMILES string of the molecule is CN(C(=O)[C@@H](Cc1ccc2ccccc2c1)N(C)C(=O)O)[C@@H](CNS(C)(=O)=O)Cc1ccccc1. The molecule has 0 unspecified atom stereocenters. The summed E-state index contributed by atoms with van der Waals surface area (Å²) >= 11 is 0. The maximum atomic E-state index is 13.7. The summed E-state index contributed by atoms with van der Waals surface area (Å²) in [6, 6.07) is 21.6. The molecule has 8 nitrogen and oxygen atoms in total. The molecule has 186 valence electrons. The van der Waals surface area contributed by atoms with Crippen LogP contribution in [0, 0.1) is 0 Å². The van der Waals surface area contributed by atoms with Crippen molar-refractivity contribution in [1.82, 2.24) is 14.5 Å². The summed E-state index contributed by atoms with van der Waals surface area (Å²) in [5.74, 6) is -0.403. The molecule has 2 amide bonds. The fourth-order valence-corrected chi connectivity index (χ4v) is 4.50. The minimum absolute atomic E-state index is 0.00937. The Morgan fingerprint density at radius 2 is 1.49 bits per heavy atom. The van der Waals surface area contributed by atoms with Gasteiger partial charge in [-0.1, -0.05) is 72.8 Å². The molecular weight excluding hydrogens is 466 g/mol. The van der Waals surface area contributed by atoms with Gasteiger partial charge in [0.25, 0.3) is 0 Å². The molecule has 3 aromatic carbocycles. The first-order chi connectivity index (χ1) is 16.5. The number of carboxylic acid groups (broad SMARTS) is 1. The summed E-state index contributed by atoms with van der Waals surface area (Å²) in [7, 11) is -0.521. The minimum atomic E-state index is -3.48. The summed E-state index contributed by atoms with van der Waals surface area (Å²) in [4.78, 5) is 28.0. The lowest BCUT2D eigenvalue weighted by Gasteiger charge is -2.34. The van der Waals surface area contributed by atoms with Crippen molar-refractivity contribution in [2.45, 2.75) is 24.9 Å². The molecule has 3 rings (SSSR count). The number of amides is 2. The van der Waals surface area contributed by atoms with E-state index in [1.54, 1.807) is 7.05 Å². The Morgan fingerprint density at radius 1 is 0.857 bits per heavy atom. The average Bonchev–Trinajstić information content (AvgIpc) is 2.83. The highest BCUT2D eigenvalue weighted by atomic mass is 32.2. The Balaban J connectivity index is 1.89. The van der Waals surface area contributed by atoms with Gasteiger partial charge in [0.1, 0.15) is 6.04 Å². The first-order valence-corrected chi connectivity index (χ1v) is 13.1. The zero-order valence-electron chi connectivity index (χ0n) is 20.1. The van der Waals surface area contributed by atoms with E-state index in [0.29, 0.717) is 6.42 Å². The van der Waals surface area contributed by atoms with Gasteiger partial charge in [-0.25, -0.2) is 17.9 Å². The minimum Gasteiger partial charge on any atom is -0.465 e. The van der Waals surface area contributed by atoms with Gasteiger partial charge in [0.05, 0.1) is 6.26 Å². The van der Waals surface area contributed by atoms with Gasteiger partial charge in [-0.2, -0.15) is 0 Å². The maximum Gasteiger partial charge on any atom is 0.407 e. The molecule has 35 heavy (non-hydrogen) atoms. The van der Waals surface area contributed by atoms with Crippen LogP contribution in [0.4, 0.5) is 4.79 Å². The molecule has 0 aliphatic rings. The summed E-state index contributed by atoms with van der Waals surface area (Å²) in [5.41, 5.74) is 1.77. The summed E-state index contributed by atoms with van der Waals surface area (Å²) in [6.07, 6.45) is 0.445. The number of carbonyl (C=O) groups excluding carboxylic acids is 1. The van der Waals surface area contributed by atoms with Crippen LogP contribution in [0.3, 0.4) is 0 Å². The van der Waals surface area contributed by atoms with Crippen molar-refractivity contribution < 1.29 is 23.1 Å². The standard InChI is InChI=1S/C26H31N3O5S/c1-28(23(18-27-35(3,33)34)16-19-9-5-4-6-10-19)25(30)24(29(2)26(31)32)17-20-13-14-21-11-7-8-12-22(21)15-20/h4-15,23-24,27H,16-18H2,1-3H3,(H,31,32)/t23-,24-/m1/s1. The Bertz CT molecular complexity index is 1280. The Kier molecular flexibility index (Phi) is 8.48. The lowest BCUT2D eigenvalue weighted by molar-refractivity contribution is -0.136. The second-order valence-corrected chi connectivity index (χ2v) is 10.5. The van der Waals surface area contributed by atoms with Crippen LogP contribution in [0.2, 0.25) is 0 Å². The van der Waals surface area contributed by atoms with E-state index in [-0.39, 0.29) is 13.0 Å². The lowest BCUT2D eigenvalue weighted by atomic mass is 9.99. The van der Waals surface area contributed by atoms with Crippen LogP contribution in [0.1, 0.15) is 11.1 Å². The second kappa shape index (κ2) is 11.3. The van der Waals surface area contributed by atoms with E-state index < -0.39 is 34.1 Å². The molecule has 0 aliphatic carbocycles. The number of rotatable bonds is 10. The van der Waals surface area contributed by atoms with Crippen molar-refractivity contribution >= 4 is 32.8 Å². The van der Waals surface area contributed by atoms with E-state index in [4.69, 9.17) is 0 Å². The van der Waals surface area contributed by atoms with Crippen LogP contribution in [-0.4, -0.2) is 74.3 Å². The third-order valence-corrected chi connectivity index (χ3v) is 6.78. The van der Waals surface area contributed by atoms with Gasteiger partial charge < -0.3 is 10.0 Å². The molecular formula is C26H31N3O5S. The van der Waals surface area contributed by atoms with Gasteiger partial charge >= 0.3 is 6.09 Å². The van der Waals surface area contributed by atoms with E-state index >= 15 is 0 Å². The molecule has 0 saturated carbocycles. The van der Waals surface area contributed by atoms with Crippen LogP contribution in [0.25, 0.3) is 10.8 Å². The molecule has 0 spiro atoms. The number of carbonyl (C=O) groups is 2. The van der Waals surface area contributed by atoms with Crippen molar-refractivity contribution in [3.63, 3.8) is 0 Å². The highest BCUT2D eigenvalue weighted by Gasteiger charge is 2.32. The van der Waals surface area contributed by atoms with Crippen LogP contribution in [-0.2, 0) is 27.7 Å². The third kappa shape index (κ3) is 7.27. The monoisotopic (exact) mass is 497 g/mol. The number of hydrogen-bond donors (Lipinski definition) is 2. The normalized spacial score (nSPS) is 13.2. The number of nitrogens with one attached hydrogen (secondary N) is 1. The largest absolute Gasteiger partial charge is 0.465 e. The van der Waals surface area contributed by atoms with E-state index in [2.05, 4.69) is 4.72 Å². The van der Waals surface area contributed by atoms with Crippen molar-refractivity contribution in [2.75, 3.05) is 26.9 Å². The summed E-state index contributed by atoms with van der Waals surface area (Å²) < 4.78 is 26.0. The van der Waals surface area contributed by atoms with Gasteiger partial charge in [-0.05, 0) is 28.3 Å². The van der Waals surface area contributed by atoms with Crippen LogP contribution in [0.5, 0.6) is 0 Å². The maximum absolute atomic E-state index is 13.7. The zero-order valence-corrected chi connectivity index (χ0v) is 20.9. The molecule has 9 heteroatoms. The van der Waals surface area contributed by atoms with Crippen molar-refractivity contribution in [2.24, 2.45) is 0 Å². The fourth-order valence-electron chi connectivity index (χ4n) is 4.01. The van der Waals surface area contributed by atoms with E-state index in [0.717, 1.165) is 33.1 Å². The van der Waals surface area contributed by atoms with Crippen molar-refractivity contribution in [3.8, 4) is 0 Å². The van der Waals surface area contributed by atoms with Crippen molar-refractivity contribution in [1.29, 1.82) is 0 Å². The molecule has 0 bridgehead atoms. The number of benzene rings is 3. The lowest BCUT2D eigenvalue weighted by Crippen LogP contribution is -2.54. The number of likely N-dealkylation sites (N-methyl/N-ethyl adjacent to an activating group) is 2. The predicted octanol–water partition coefficient (Wildman–Crippen LogP) is 2.98. The van der Waals surface area contributed by atoms with Gasteiger partial charge in [-0.3, -0.25) is 9.69 Å². The molecule has 3 aromatic rings. The number of fused-ring (bicyclic) bond motifs is 1. The van der Waals surface area contributed by atoms with Crippen molar-refractivity contribution in [3.05, 3.63) is 83.9 Å².